The summed E-state index contributed by atoms with van der Waals surface area (Å²) in [6.45, 7) is 8.00. The molecule has 19 heavy (non-hydrogen) atoms. The third-order valence-corrected chi connectivity index (χ3v) is 5.76. The molecular weight excluding hydrogens is 282 g/mol. The Morgan fingerprint density at radius 3 is 2.37 bits per heavy atom. The normalized spacial score (nSPS) is 14.7. The highest BCUT2D eigenvalue weighted by Crippen LogP contribution is 2.27. The van der Waals surface area contributed by atoms with Gasteiger partial charge in [-0.25, -0.2) is 8.42 Å². The molecular formula is C14H22ClNO2S. The fourth-order valence-electron chi connectivity index (χ4n) is 1.71. The maximum atomic E-state index is 12.6. The van der Waals surface area contributed by atoms with Crippen molar-refractivity contribution in [3.05, 3.63) is 29.8 Å². The van der Waals surface area contributed by atoms with Gasteiger partial charge in [0.25, 0.3) is 0 Å². The van der Waals surface area contributed by atoms with E-state index in [0.29, 0.717) is 10.8 Å². The van der Waals surface area contributed by atoms with Crippen molar-refractivity contribution < 1.29 is 8.42 Å². The predicted molar refractivity (Wildman–Crippen MR) is 79.9 cm³/mol. The van der Waals surface area contributed by atoms with Gasteiger partial charge >= 0.3 is 0 Å². The first kappa shape index (κ1) is 16.5. The number of hydrogen-bond donors (Lipinski definition) is 0. The lowest BCUT2D eigenvalue weighted by molar-refractivity contribution is 0.216. The van der Waals surface area contributed by atoms with E-state index in [-0.39, 0.29) is 11.5 Å². The number of sulfonamides is 1. The molecule has 0 saturated carbocycles. The lowest BCUT2D eigenvalue weighted by Crippen LogP contribution is -2.42. The zero-order chi connectivity index (χ0) is 14.8. The molecule has 0 aliphatic carbocycles. The maximum absolute atomic E-state index is 12.6. The van der Waals surface area contributed by atoms with Gasteiger partial charge in [-0.15, -0.1) is 11.6 Å². The molecule has 0 aromatic heterocycles. The van der Waals surface area contributed by atoms with Crippen LogP contribution in [0.2, 0.25) is 0 Å². The molecule has 1 rings (SSSR count). The number of rotatable bonds is 4. The summed E-state index contributed by atoms with van der Waals surface area (Å²) in [7, 11) is -1.86. The summed E-state index contributed by atoms with van der Waals surface area (Å²) in [6, 6.07) is 6.68. The lowest BCUT2D eigenvalue weighted by atomic mass is 9.88. The van der Waals surface area contributed by atoms with Gasteiger partial charge in [0, 0.05) is 19.0 Å². The second kappa shape index (κ2) is 5.81. The number of hydrogen-bond acceptors (Lipinski definition) is 2. The van der Waals surface area contributed by atoms with Crippen LogP contribution in [0.3, 0.4) is 0 Å². The summed E-state index contributed by atoms with van der Waals surface area (Å²) in [6.07, 6.45) is 0. The standard InChI is InChI=1S/C14H22ClNO2S/c1-11(14(2,3)4)16(5)19(17,18)13-8-6-7-12(9-13)10-15/h6-9,11H,10H2,1-5H3. The number of nitrogens with zero attached hydrogens (tertiary/aromatic N) is 1. The Morgan fingerprint density at radius 2 is 1.89 bits per heavy atom. The molecule has 0 aliphatic heterocycles. The first-order chi connectivity index (χ1) is 8.60. The van der Waals surface area contributed by atoms with E-state index in [1.54, 1.807) is 25.2 Å². The molecule has 3 nitrogen and oxygen atoms in total. The molecule has 108 valence electrons. The molecule has 0 bridgehead atoms. The number of halogens is 1. The minimum absolute atomic E-state index is 0.0999. The summed E-state index contributed by atoms with van der Waals surface area (Å²) in [5.41, 5.74) is 0.686. The topological polar surface area (TPSA) is 37.4 Å². The molecule has 0 heterocycles. The van der Waals surface area contributed by atoms with Gasteiger partial charge in [0.2, 0.25) is 10.0 Å². The Balaban J connectivity index is 3.16. The van der Waals surface area contributed by atoms with Gasteiger partial charge in [0.05, 0.1) is 4.90 Å². The van der Waals surface area contributed by atoms with Crippen molar-refractivity contribution in [2.75, 3.05) is 7.05 Å². The van der Waals surface area contributed by atoms with Gasteiger partial charge in [-0.3, -0.25) is 0 Å². The quantitative estimate of drug-likeness (QED) is 0.799. The van der Waals surface area contributed by atoms with Crippen molar-refractivity contribution in [2.24, 2.45) is 5.41 Å². The van der Waals surface area contributed by atoms with Crippen LogP contribution >= 0.6 is 11.6 Å². The van der Waals surface area contributed by atoms with Crippen LogP contribution in [-0.2, 0) is 15.9 Å². The Hall–Kier alpha value is -0.580. The van der Waals surface area contributed by atoms with E-state index in [1.807, 2.05) is 33.8 Å². The Kier molecular flexibility index (Phi) is 5.04. The molecule has 0 radical (unpaired) electrons. The highest BCUT2D eigenvalue weighted by Gasteiger charge is 2.32. The summed E-state index contributed by atoms with van der Waals surface area (Å²) >= 11 is 5.76. The van der Waals surface area contributed by atoms with Crippen molar-refractivity contribution in [1.82, 2.24) is 4.31 Å². The van der Waals surface area contributed by atoms with E-state index >= 15 is 0 Å². The third kappa shape index (κ3) is 3.71. The van der Waals surface area contributed by atoms with E-state index in [2.05, 4.69) is 0 Å². The molecule has 0 fully saturated rings. The van der Waals surface area contributed by atoms with Crippen LogP contribution in [0.4, 0.5) is 0 Å². The Labute approximate surface area is 121 Å². The van der Waals surface area contributed by atoms with Gasteiger partial charge in [0.1, 0.15) is 0 Å². The average Bonchev–Trinajstić information content (AvgIpc) is 2.35. The van der Waals surface area contributed by atoms with E-state index < -0.39 is 10.0 Å². The van der Waals surface area contributed by atoms with Crippen LogP contribution in [0.15, 0.2) is 29.2 Å². The van der Waals surface area contributed by atoms with Gasteiger partial charge in [-0.2, -0.15) is 4.31 Å². The summed E-state index contributed by atoms with van der Waals surface area (Å²) in [5, 5.41) is 0. The minimum Gasteiger partial charge on any atom is -0.207 e. The Bertz CT molecular complexity index is 535. The first-order valence-electron chi connectivity index (χ1n) is 6.23. The SMILES string of the molecule is CC(N(C)S(=O)(=O)c1cccc(CCl)c1)C(C)(C)C. The molecule has 1 aromatic rings. The monoisotopic (exact) mass is 303 g/mol. The van der Waals surface area contributed by atoms with E-state index in [1.165, 1.54) is 4.31 Å². The van der Waals surface area contributed by atoms with E-state index in [0.717, 1.165) is 5.56 Å². The fraction of sp³-hybridized carbons (Fsp3) is 0.571. The van der Waals surface area contributed by atoms with E-state index in [9.17, 15) is 8.42 Å². The van der Waals surface area contributed by atoms with Crippen molar-refractivity contribution in [3.8, 4) is 0 Å². The van der Waals surface area contributed by atoms with Crippen LogP contribution in [0.5, 0.6) is 0 Å². The van der Waals surface area contributed by atoms with E-state index in [4.69, 9.17) is 11.6 Å². The zero-order valence-corrected chi connectivity index (χ0v) is 13.7. The minimum atomic E-state index is -3.48. The molecule has 0 aliphatic rings. The smallest absolute Gasteiger partial charge is 0.207 e. The maximum Gasteiger partial charge on any atom is 0.243 e. The highest BCUT2D eigenvalue weighted by molar-refractivity contribution is 7.89. The summed E-state index contributed by atoms with van der Waals surface area (Å²) in [4.78, 5) is 0.296. The Morgan fingerprint density at radius 1 is 1.32 bits per heavy atom. The molecule has 1 unspecified atom stereocenters. The number of alkyl halides is 1. The van der Waals surface area contributed by atoms with Gasteiger partial charge in [0.15, 0.2) is 0 Å². The second-order valence-corrected chi connectivity index (χ2v) is 8.11. The van der Waals surface area contributed by atoms with Crippen LogP contribution in [0, 0.1) is 5.41 Å². The highest BCUT2D eigenvalue weighted by atomic mass is 35.5. The van der Waals surface area contributed by atoms with Crippen molar-refractivity contribution in [2.45, 2.75) is 44.5 Å². The molecule has 1 aromatic carbocycles. The van der Waals surface area contributed by atoms with Crippen LogP contribution < -0.4 is 0 Å². The van der Waals surface area contributed by atoms with Crippen molar-refractivity contribution >= 4 is 21.6 Å². The predicted octanol–water partition coefficient (Wildman–Crippen LogP) is 3.48. The molecule has 1 atom stereocenters. The van der Waals surface area contributed by atoms with Crippen molar-refractivity contribution in [1.29, 1.82) is 0 Å². The second-order valence-electron chi connectivity index (χ2n) is 5.84. The van der Waals surface area contributed by atoms with Crippen LogP contribution in [0.25, 0.3) is 0 Å². The summed E-state index contributed by atoms with van der Waals surface area (Å²) < 4.78 is 26.6. The molecule has 0 amide bonds. The van der Waals surface area contributed by atoms with Crippen molar-refractivity contribution in [3.63, 3.8) is 0 Å². The largest absolute Gasteiger partial charge is 0.243 e. The fourth-order valence-corrected chi connectivity index (χ4v) is 3.49. The summed E-state index contributed by atoms with van der Waals surface area (Å²) in [5.74, 6) is 0.307. The molecule has 5 heteroatoms. The molecule has 0 N–H and O–H groups in total. The van der Waals surface area contributed by atoms with Crippen LogP contribution in [-0.4, -0.2) is 25.8 Å². The average molecular weight is 304 g/mol. The van der Waals surface area contributed by atoms with Gasteiger partial charge in [-0.05, 0) is 30.0 Å². The van der Waals surface area contributed by atoms with Gasteiger partial charge in [-0.1, -0.05) is 32.9 Å². The third-order valence-electron chi connectivity index (χ3n) is 3.53. The molecule has 0 saturated heterocycles. The lowest BCUT2D eigenvalue weighted by Gasteiger charge is -2.34. The zero-order valence-electron chi connectivity index (χ0n) is 12.1. The molecule has 0 spiro atoms. The number of benzene rings is 1. The van der Waals surface area contributed by atoms with Crippen LogP contribution in [0.1, 0.15) is 33.3 Å². The van der Waals surface area contributed by atoms with Gasteiger partial charge < -0.3 is 0 Å². The first-order valence-corrected chi connectivity index (χ1v) is 8.21.